The molecule has 1 aromatic carbocycles. The van der Waals surface area contributed by atoms with Crippen molar-refractivity contribution in [1.29, 1.82) is 0 Å². The number of alkyl halides is 6. The van der Waals surface area contributed by atoms with E-state index in [9.17, 15) is 35.9 Å². The molecule has 0 radical (unpaired) electrons. The number of nitrogens with zero attached hydrogens (tertiary/aromatic N) is 3. The molecule has 34 heavy (non-hydrogen) atoms. The van der Waals surface area contributed by atoms with Gasteiger partial charge in [-0.1, -0.05) is 0 Å². The van der Waals surface area contributed by atoms with Crippen LogP contribution in [-0.4, -0.2) is 28.9 Å². The molecular formula is C21H14F6N4O3. The molecule has 3 aromatic rings. The van der Waals surface area contributed by atoms with Gasteiger partial charge in [0, 0.05) is 24.1 Å². The van der Waals surface area contributed by atoms with Crippen LogP contribution in [-0.2, 0) is 6.18 Å². The quantitative estimate of drug-likeness (QED) is 0.543. The number of anilines is 3. The van der Waals surface area contributed by atoms with Crippen LogP contribution in [0.3, 0.4) is 0 Å². The van der Waals surface area contributed by atoms with Crippen LogP contribution in [0.2, 0.25) is 0 Å². The van der Waals surface area contributed by atoms with Gasteiger partial charge in [-0.15, -0.1) is 13.2 Å². The smallest absolute Gasteiger partial charge is 0.406 e. The predicted octanol–water partition coefficient (Wildman–Crippen LogP) is 4.75. The van der Waals surface area contributed by atoms with Gasteiger partial charge in [0.2, 0.25) is 5.56 Å². The van der Waals surface area contributed by atoms with Crippen molar-refractivity contribution in [2.75, 3.05) is 16.5 Å². The summed E-state index contributed by atoms with van der Waals surface area (Å²) in [5.41, 5.74) is -1.22. The summed E-state index contributed by atoms with van der Waals surface area (Å²) in [7, 11) is 0. The highest BCUT2D eigenvalue weighted by Crippen LogP contribution is 2.39. The number of rotatable bonds is 3. The summed E-state index contributed by atoms with van der Waals surface area (Å²) in [5, 5.41) is 0. The maximum atomic E-state index is 13.3. The Balaban J connectivity index is 1.84. The fourth-order valence-corrected chi connectivity index (χ4v) is 3.49. The fourth-order valence-electron chi connectivity index (χ4n) is 3.49. The second-order valence-corrected chi connectivity index (χ2v) is 7.30. The summed E-state index contributed by atoms with van der Waals surface area (Å²) < 4.78 is 81.5. The zero-order valence-electron chi connectivity index (χ0n) is 17.2. The number of ether oxygens (including phenoxy) is 1. The molecule has 1 aliphatic heterocycles. The van der Waals surface area contributed by atoms with E-state index in [0.717, 1.165) is 23.1 Å². The van der Waals surface area contributed by atoms with Crippen molar-refractivity contribution in [3.8, 4) is 5.75 Å². The first-order valence-corrected chi connectivity index (χ1v) is 9.55. The number of aromatic nitrogens is 2. The Kier molecular flexibility index (Phi) is 5.50. The standard InChI is InChI=1S/C21H14F6N4O3/c1-11-6-14(34-21(25,26)27)3-4-16(11)31-10-30(13-2-5-17(32)28-9-13)19(33)15-7-12(20(22,23)24)8-29-18(15)31/h2-9H,10H2,1H3,(H,28,32). The summed E-state index contributed by atoms with van der Waals surface area (Å²) >= 11 is 0. The summed E-state index contributed by atoms with van der Waals surface area (Å²) in [6.07, 6.45) is -7.88. The largest absolute Gasteiger partial charge is 0.573 e. The van der Waals surface area contributed by atoms with Crippen LogP contribution in [0, 0.1) is 6.92 Å². The Labute approximate surface area is 187 Å². The molecule has 0 saturated heterocycles. The number of hydrogen-bond donors (Lipinski definition) is 1. The minimum absolute atomic E-state index is 0.105. The second kappa shape index (κ2) is 8.08. The van der Waals surface area contributed by atoms with E-state index in [4.69, 9.17) is 0 Å². The van der Waals surface area contributed by atoms with Crippen molar-refractivity contribution in [3.63, 3.8) is 0 Å². The van der Waals surface area contributed by atoms with Crippen LogP contribution in [0.25, 0.3) is 0 Å². The molecule has 3 heterocycles. The third-order valence-corrected chi connectivity index (χ3v) is 4.98. The summed E-state index contributed by atoms with van der Waals surface area (Å²) in [4.78, 5) is 33.2. The van der Waals surface area contributed by atoms with Gasteiger partial charge in [0.15, 0.2) is 0 Å². The van der Waals surface area contributed by atoms with Crippen molar-refractivity contribution in [2.45, 2.75) is 19.5 Å². The topological polar surface area (TPSA) is 78.5 Å². The number of pyridine rings is 2. The van der Waals surface area contributed by atoms with Gasteiger partial charge < -0.3 is 14.6 Å². The van der Waals surface area contributed by atoms with Gasteiger partial charge in [0.05, 0.1) is 16.8 Å². The first-order chi connectivity index (χ1) is 15.8. The van der Waals surface area contributed by atoms with Gasteiger partial charge in [0.1, 0.15) is 18.2 Å². The number of amides is 1. The molecule has 1 aliphatic rings. The lowest BCUT2D eigenvalue weighted by atomic mass is 10.1. The van der Waals surface area contributed by atoms with Crippen molar-refractivity contribution in [3.05, 3.63) is 75.8 Å². The lowest BCUT2D eigenvalue weighted by Gasteiger charge is -2.38. The lowest BCUT2D eigenvalue weighted by Crippen LogP contribution is -2.46. The number of carbonyl (C=O) groups excluding carboxylic acids is 1. The van der Waals surface area contributed by atoms with Crippen LogP contribution in [0.15, 0.2) is 53.6 Å². The molecular weight excluding hydrogens is 470 g/mol. The van der Waals surface area contributed by atoms with Crippen molar-refractivity contribution < 1.29 is 35.9 Å². The number of carbonyl (C=O) groups is 1. The molecule has 0 atom stereocenters. The highest BCUT2D eigenvalue weighted by molar-refractivity contribution is 6.12. The number of fused-ring (bicyclic) bond motifs is 1. The molecule has 0 bridgehead atoms. The zero-order chi connectivity index (χ0) is 24.8. The van der Waals surface area contributed by atoms with Crippen LogP contribution in [0.1, 0.15) is 21.5 Å². The van der Waals surface area contributed by atoms with Gasteiger partial charge in [0.25, 0.3) is 5.91 Å². The molecule has 13 heteroatoms. The predicted molar refractivity (Wildman–Crippen MR) is 108 cm³/mol. The number of halogens is 6. The Morgan fingerprint density at radius 2 is 1.74 bits per heavy atom. The number of aryl methyl sites for hydroxylation is 1. The van der Waals surface area contributed by atoms with Gasteiger partial charge in [-0.25, -0.2) is 4.98 Å². The van der Waals surface area contributed by atoms with E-state index >= 15 is 0 Å². The molecule has 7 nitrogen and oxygen atoms in total. The second-order valence-electron chi connectivity index (χ2n) is 7.30. The van der Waals surface area contributed by atoms with E-state index in [1.54, 1.807) is 0 Å². The van der Waals surface area contributed by atoms with Gasteiger partial charge in [-0.05, 0) is 42.8 Å². The third-order valence-electron chi connectivity index (χ3n) is 4.98. The Morgan fingerprint density at radius 1 is 1.00 bits per heavy atom. The van der Waals surface area contributed by atoms with Gasteiger partial charge >= 0.3 is 12.5 Å². The van der Waals surface area contributed by atoms with Crippen molar-refractivity contribution >= 4 is 23.1 Å². The molecule has 0 unspecified atom stereocenters. The van der Waals surface area contributed by atoms with Crippen LogP contribution in [0.4, 0.5) is 43.5 Å². The van der Waals surface area contributed by atoms with Crippen molar-refractivity contribution in [2.24, 2.45) is 0 Å². The maximum Gasteiger partial charge on any atom is 0.573 e. The zero-order valence-corrected chi connectivity index (χ0v) is 17.2. The highest BCUT2D eigenvalue weighted by atomic mass is 19.4. The highest BCUT2D eigenvalue weighted by Gasteiger charge is 2.38. The number of hydrogen-bond acceptors (Lipinski definition) is 5. The summed E-state index contributed by atoms with van der Waals surface area (Å²) in [6.45, 7) is 1.24. The summed E-state index contributed by atoms with van der Waals surface area (Å²) in [5.74, 6) is -1.39. The van der Waals surface area contributed by atoms with E-state index in [0.29, 0.717) is 12.3 Å². The molecule has 4 rings (SSSR count). The molecule has 2 aromatic heterocycles. The molecule has 1 N–H and O–H groups in total. The van der Waals surface area contributed by atoms with Gasteiger partial charge in [-0.2, -0.15) is 13.2 Å². The minimum Gasteiger partial charge on any atom is -0.406 e. The average Bonchev–Trinajstić information content (AvgIpc) is 2.73. The van der Waals surface area contributed by atoms with Crippen LogP contribution < -0.4 is 20.1 Å². The van der Waals surface area contributed by atoms with Crippen LogP contribution in [0.5, 0.6) is 5.75 Å². The third kappa shape index (κ3) is 4.54. The van der Waals surface area contributed by atoms with Crippen molar-refractivity contribution in [1.82, 2.24) is 9.97 Å². The number of H-pyrrole nitrogens is 1. The number of aromatic amines is 1. The molecule has 178 valence electrons. The number of nitrogens with one attached hydrogen (secondary N) is 1. The molecule has 0 fully saturated rings. The molecule has 0 aliphatic carbocycles. The molecule has 0 spiro atoms. The Hall–Kier alpha value is -4.03. The fraction of sp³-hybridized carbons (Fsp3) is 0.190. The average molecular weight is 484 g/mol. The van der Waals surface area contributed by atoms with E-state index in [2.05, 4.69) is 14.7 Å². The molecule has 0 saturated carbocycles. The number of benzene rings is 1. The van der Waals surface area contributed by atoms with Crippen LogP contribution >= 0.6 is 0 Å². The molecule has 1 amide bonds. The summed E-state index contributed by atoms with van der Waals surface area (Å²) in [6, 6.07) is 6.54. The van der Waals surface area contributed by atoms with E-state index in [1.165, 1.54) is 30.2 Å². The van der Waals surface area contributed by atoms with E-state index < -0.39 is 35.3 Å². The van der Waals surface area contributed by atoms with E-state index in [-0.39, 0.29) is 35.0 Å². The first-order valence-electron chi connectivity index (χ1n) is 9.55. The minimum atomic E-state index is -4.91. The first kappa shape index (κ1) is 23.1. The Bertz CT molecular complexity index is 1300. The normalized spacial score (nSPS) is 14.3. The van der Waals surface area contributed by atoms with Gasteiger partial charge in [-0.3, -0.25) is 14.5 Å². The maximum absolute atomic E-state index is 13.3. The monoisotopic (exact) mass is 484 g/mol. The van der Waals surface area contributed by atoms with E-state index in [1.807, 2.05) is 0 Å². The lowest BCUT2D eigenvalue weighted by molar-refractivity contribution is -0.274. The Morgan fingerprint density at radius 3 is 2.32 bits per heavy atom. The SMILES string of the molecule is Cc1cc(OC(F)(F)F)ccc1N1CN(c2ccc(=O)[nH]c2)C(=O)c2cc(C(F)(F)F)cnc21.